The van der Waals surface area contributed by atoms with Gasteiger partial charge in [0.15, 0.2) is 0 Å². The number of thioether (sulfide) groups is 1. The SMILES string of the molecule is Clc1ccc([C@@H]2CC(c3ccco3)=Nc3ccccc3S2)cc1. The van der Waals surface area contributed by atoms with Crippen LogP contribution in [-0.2, 0) is 0 Å². The molecule has 114 valence electrons. The highest BCUT2D eigenvalue weighted by Gasteiger charge is 2.23. The van der Waals surface area contributed by atoms with Crippen LogP contribution in [0.25, 0.3) is 0 Å². The number of rotatable bonds is 2. The number of nitrogens with zero attached hydrogens (tertiary/aromatic N) is 1. The van der Waals surface area contributed by atoms with Gasteiger partial charge in [-0.05, 0) is 42.0 Å². The molecule has 0 unspecified atom stereocenters. The Labute approximate surface area is 144 Å². The monoisotopic (exact) mass is 339 g/mol. The van der Waals surface area contributed by atoms with Gasteiger partial charge in [0.1, 0.15) is 5.76 Å². The van der Waals surface area contributed by atoms with Crippen molar-refractivity contribution in [2.75, 3.05) is 0 Å². The van der Waals surface area contributed by atoms with Crippen LogP contribution < -0.4 is 0 Å². The molecule has 1 atom stereocenters. The molecule has 0 spiro atoms. The molecule has 4 rings (SSSR count). The summed E-state index contributed by atoms with van der Waals surface area (Å²) in [5.41, 5.74) is 3.23. The summed E-state index contributed by atoms with van der Waals surface area (Å²) in [6, 6.07) is 20.2. The Morgan fingerprint density at radius 1 is 1.00 bits per heavy atom. The molecular formula is C19H14ClNOS. The summed E-state index contributed by atoms with van der Waals surface area (Å²) in [7, 11) is 0. The fraction of sp³-hybridized carbons (Fsp3) is 0.105. The molecule has 4 heteroatoms. The highest BCUT2D eigenvalue weighted by molar-refractivity contribution is 7.99. The number of hydrogen-bond acceptors (Lipinski definition) is 3. The number of furan rings is 1. The zero-order valence-electron chi connectivity index (χ0n) is 12.3. The fourth-order valence-electron chi connectivity index (χ4n) is 2.67. The van der Waals surface area contributed by atoms with E-state index in [1.807, 2.05) is 42.1 Å². The van der Waals surface area contributed by atoms with Crippen LogP contribution in [-0.4, -0.2) is 5.71 Å². The summed E-state index contributed by atoms with van der Waals surface area (Å²) in [6.45, 7) is 0. The van der Waals surface area contributed by atoms with Gasteiger partial charge in [-0.25, -0.2) is 4.99 Å². The number of benzene rings is 2. The molecule has 0 radical (unpaired) electrons. The van der Waals surface area contributed by atoms with E-state index in [2.05, 4.69) is 30.3 Å². The van der Waals surface area contributed by atoms with Crippen LogP contribution in [0.15, 0.2) is 81.2 Å². The molecule has 0 saturated carbocycles. The van der Waals surface area contributed by atoms with Crippen LogP contribution >= 0.6 is 23.4 Å². The van der Waals surface area contributed by atoms with Crippen molar-refractivity contribution >= 4 is 34.8 Å². The minimum atomic E-state index is 0.278. The molecule has 0 amide bonds. The zero-order chi connectivity index (χ0) is 15.6. The molecule has 23 heavy (non-hydrogen) atoms. The number of halogens is 1. The first-order chi connectivity index (χ1) is 11.3. The predicted molar refractivity (Wildman–Crippen MR) is 96.0 cm³/mol. The maximum absolute atomic E-state index is 6.03. The molecule has 2 heterocycles. The van der Waals surface area contributed by atoms with Gasteiger partial charge in [0.05, 0.1) is 17.7 Å². The van der Waals surface area contributed by atoms with Crippen LogP contribution in [0, 0.1) is 0 Å². The topological polar surface area (TPSA) is 25.5 Å². The quantitative estimate of drug-likeness (QED) is 0.548. The van der Waals surface area contributed by atoms with Crippen LogP contribution in [0.5, 0.6) is 0 Å². The lowest BCUT2D eigenvalue weighted by Gasteiger charge is -2.15. The highest BCUT2D eigenvalue weighted by Crippen LogP contribution is 2.45. The molecule has 0 aliphatic carbocycles. The first-order valence-corrected chi connectivity index (χ1v) is 8.68. The molecule has 0 saturated heterocycles. The number of hydrogen-bond donors (Lipinski definition) is 0. The zero-order valence-corrected chi connectivity index (χ0v) is 13.8. The smallest absolute Gasteiger partial charge is 0.148 e. The second-order valence-corrected chi connectivity index (χ2v) is 7.05. The van der Waals surface area contributed by atoms with E-state index < -0.39 is 0 Å². The van der Waals surface area contributed by atoms with Crippen molar-refractivity contribution in [1.82, 2.24) is 0 Å². The summed E-state index contributed by atoms with van der Waals surface area (Å²) >= 11 is 7.87. The molecule has 2 aromatic carbocycles. The number of para-hydroxylation sites is 1. The average molecular weight is 340 g/mol. The third kappa shape index (κ3) is 3.07. The summed E-state index contributed by atoms with van der Waals surface area (Å²) in [5, 5.41) is 1.03. The van der Waals surface area contributed by atoms with E-state index in [1.54, 1.807) is 6.26 Å². The van der Waals surface area contributed by atoms with Crippen molar-refractivity contribution < 1.29 is 4.42 Å². The molecule has 3 aromatic rings. The van der Waals surface area contributed by atoms with Crippen molar-refractivity contribution in [3.8, 4) is 0 Å². The van der Waals surface area contributed by atoms with Crippen molar-refractivity contribution in [2.45, 2.75) is 16.6 Å². The maximum atomic E-state index is 6.03. The standard InChI is InChI=1S/C19H14ClNOS/c20-14-9-7-13(8-10-14)19-12-16(17-5-3-11-22-17)21-15-4-1-2-6-18(15)23-19/h1-11,19H,12H2/t19-/m0/s1. The Morgan fingerprint density at radius 3 is 2.61 bits per heavy atom. The van der Waals surface area contributed by atoms with E-state index in [9.17, 15) is 0 Å². The van der Waals surface area contributed by atoms with Crippen LogP contribution in [0.2, 0.25) is 5.02 Å². The van der Waals surface area contributed by atoms with Gasteiger partial charge in [0.25, 0.3) is 0 Å². The Bertz CT molecular complexity index is 840. The lowest BCUT2D eigenvalue weighted by Crippen LogP contribution is -2.04. The normalized spacial score (nSPS) is 17.3. The Kier molecular flexibility index (Phi) is 3.98. The van der Waals surface area contributed by atoms with E-state index in [0.717, 1.165) is 28.6 Å². The summed E-state index contributed by atoms with van der Waals surface area (Å²) < 4.78 is 5.59. The molecule has 0 fully saturated rings. The highest BCUT2D eigenvalue weighted by atomic mass is 35.5. The van der Waals surface area contributed by atoms with E-state index >= 15 is 0 Å². The van der Waals surface area contributed by atoms with Gasteiger partial charge in [-0.2, -0.15) is 0 Å². The first kappa shape index (κ1) is 14.6. The fourth-order valence-corrected chi connectivity index (χ4v) is 4.03. The molecule has 2 nitrogen and oxygen atoms in total. The summed E-state index contributed by atoms with van der Waals surface area (Å²) in [6.07, 6.45) is 2.51. The van der Waals surface area contributed by atoms with Gasteiger partial charge >= 0.3 is 0 Å². The lowest BCUT2D eigenvalue weighted by molar-refractivity contribution is 0.555. The molecule has 0 N–H and O–H groups in total. The Morgan fingerprint density at radius 2 is 1.83 bits per heavy atom. The molecule has 1 aromatic heterocycles. The molecule has 1 aliphatic rings. The Hall–Kier alpha value is -1.97. The summed E-state index contributed by atoms with van der Waals surface area (Å²) in [5.74, 6) is 0.835. The van der Waals surface area contributed by atoms with Crippen molar-refractivity contribution in [3.63, 3.8) is 0 Å². The van der Waals surface area contributed by atoms with Gasteiger partial charge in [-0.3, -0.25) is 0 Å². The third-order valence-electron chi connectivity index (χ3n) is 3.82. The number of fused-ring (bicyclic) bond motifs is 1. The Balaban J connectivity index is 1.78. The third-order valence-corrected chi connectivity index (χ3v) is 5.39. The van der Waals surface area contributed by atoms with Crippen LogP contribution in [0.3, 0.4) is 0 Å². The summed E-state index contributed by atoms with van der Waals surface area (Å²) in [4.78, 5) is 6.04. The van der Waals surface area contributed by atoms with Gasteiger partial charge in [-0.1, -0.05) is 35.9 Å². The van der Waals surface area contributed by atoms with Gasteiger partial charge in [-0.15, -0.1) is 11.8 Å². The molecular weight excluding hydrogens is 326 g/mol. The molecule has 0 bridgehead atoms. The molecule has 1 aliphatic heterocycles. The van der Waals surface area contributed by atoms with E-state index in [1.165, 1.54) is 10.5 Å². The van der Waals surface area contributed by atoms with Gasteiger partial charge in [0.2, 0.25) is 0 Å². The minimum absolute atomic E-state index is 0.278. The van der Waals surface area contributed by atoms with E-state index in [4.69, 9.17) is 21.0 Å². The van der Waals surface area contributed by atoms with Crippen molar-refractivity contribution in [1.29, 1.82) is 0 Å². The van der Waals surface area contributed by atoms with Crippen LogP contribution in [0.1, 0.15) is 23.0 Å². The second kappa shape index (κ2) is 6.26. The van der Waals surface area contributed by atoms with E-state index in [0.29, 0.717) is 0 Å². The minimum Gasteiger partial charge on any atom is -0.463 e. The maximum Gasteiger partial charge on any atom is 0.148 e. The lowest BCUT2D eigenvalue weighted by atomic mass is 10.1. The average Bonchev–Trinajstić information content (AvgIpc) is 3.03. The van der Waals surface area contributed by atoms with Gasteiger partial charge in [0, 0.05) is 21.6 Å². The second-order valence-electron chi connectivity index (χ2n) is 5.37. The van der Waals surface area contributed by atoms with E-state index in [-0.39, 0.29) is 5.25 Å². The van der Waals surface area contributed by atoms with Crippen molar-refractivity contribution in [2.24, 2.45) is 4.99 Å². The van der Waals surface area contributed by atoms with Gasteiger partial charge < -0.3 is 4.42 Å². The van der Waals surface area contributed by atoms with Crippen molar-refractivity contribution in [3.05, 3.63) is 83.3 Å². The predicted octanol–water partition coefficient (Wildman–Crippen LogP) is 6.29. The largest absolute Gasteiger partial charge is 0.463 e. The first-order valence-electron chi connectivity index (χ1n) is 7.42. The number of aliphatic imine (C=N–C) groups is 1. The van der Waals surface area contributed by atoms with Crippen LogP contribution in [0.4, 0.5) is 5.69 Å².